The van der Waals surface area contributed by atoms with Crippen LogP contribution in [0.2, 0.25) is 0 Å². The second-order valence-corrected chi connectivity index (χ2v) is 7.29. The van der Waals surface area contributed by atoms with Crippen LogP contribution in [0.1, 0.15) is 52.9 Å². The molecule has 0 spiro atoms. The third-order valence-electron chi connectivity index (χ3n) is 4.89. The maximum Gasteiger partial charge on any atom is 0.303 e. The molecular weight excluding hydrogens is 226 g/mol. The number of aliphatic carboxylic acids is 1. The summed E-state index contributed by atoms with van der Waals surface area (Å²) in [6.07, 6.45) is 5.65. The van der Waals surface area contributed by atoms with E-state index in [1.165, 1.54) is 25.7 Å². The number of carboxylic acids is 1. The van der Waals surface area contributed by atoms with Crippen LogP contribution in [0.15, 0.2) is 0 Å². The fourth-order valence-corrected chi connectivity index (χ4v) is 3.59. The molecule has 104 valence electrons. The minimum Gasteiger partial charge on any atom is -0.481 e. The summed E-state index contributed by atoms with van der Waals surface area (Å²) in [5, 5.41) is 8.75. The summed E-state index contributed by atoms with van der Waals surface area (Å²) in [5.74, 6) is 0.628. The van der Waals surface area contributed by atoms with E-state index in [1.807, 2.05) is 0 Å². The normalized spacial score (nSPS) is 31.1. The van der Waals surface area contributed by atoms with Gasteiger partial charge in [0.15, 0.2) is 0 Å². The van der Waals surface area contributed by atoms with E-state index in [4.69, 9.17) is 5.11 Å². The summed E-state index contributed by atoms with van der Waals surface area (Å²) in [5.41, 5.74) is 0.450. The van der Waals surface area contributed by atoms with Crippen molar-refractivity contribution in [3.05, 3.63) is 0 Å². The van der Waals surface area contributed by atoms with Gasteiger partial charge in [-0.3, -0.25) is 9.69 Å². The highest BCUT2D eigenvalue weighted by atomic mass is 16.4. The number of carbonyl (C=O) groups is 1. The first-order valence-electron chi connectivity index (χ1n) is 7.32. The molecule has 1 saturated heterocycles. The van der Waals surface area contributed by atoms with Crippen LogP contribution in [0.4, 0.5) is 0 Å². The van der Waals surface area contributed by atoms with Crippen LogP contribution in [0.25, 0.3) is 0 Å². The monoisotopic (exact) mass is 253 g/mol. The largest absolute Gasteiger partial charge is 0.481 e. The summed E-state index contributed by atoms with van der Waals surface area (Å²) in [7, 11) is 0. The van der Waals surface area contributed by atoms with E-state index in [-0.39, 0.29) is 0 Å². The number of hydrogen-bond donors (Lipinski definition) is 1. The second-order valence-electron chi connectivity index (χ2n) is 7.29. The van der Waals surface area contributed by atoms with E-state index < -0.39 is 5.97 Å². The Morgan fingerprint density at radius 3 is 2.17 bits per heavy atom. The molecule has 0 aromatic carbocycles. The lowest BCUT2D eigenvalue weighted by Crippen LogP contribution is -2.53. The highest BCUT2D eigenvalue weighted by molar-refractivity contribution is 5.67. The van der Waals surface area contributed by atoms with Crippen LogP contribution in [-0.4, -0.2) is 35.1 Å². The van der Waals surface area contributed by atoms with Crippen molar-refractivity contribution < 1.29 is 9.90 Å². The Balaban J connectivity index is 1.71. The first-order valence-corrected chi connectivity index (χ1v) is 7.32. The van der Waals surface area contributed by atoms with Gasteiger partial charge >= 0.3 is 5.97 Å². The van der Waals surface area contributed by atoms with Crippen molar-refractivity contribution >= 4 is 5.97 Å². The zero-order valence-electron chi connectivity index (χ0n) is 12.0. The van der Waals surface area contributed by atoms with Crippen molar-refractivity contribution in [2.24, 2.45) is 17.3 Å². The standard InChI is InChI=1S/C15H27NO2/c1-15(2,3)12-4-6-13(7-5-12)16-9-11(10-16)8-14(17)18/h11-13H,4-10H2,1-3H3,(H,17,18). The minimum atomic E-state index is -0.643. The van der Waals surface area contributed by atoms with Gasteiger partial charge in [-0.15, -0.1) is 0 Å². The molecule has 2 aliphatic rings. The van der Waals surface area contributed by atoms with Crippen LogP contribution in [0, 0.1) is 17.3 Å². The molecule has 1 saturated carbocycles. The van der Waals surface area contributed by atoms with Gasteiger partial charge < -0.3 is 5.11 Å². The maximum atomic E-state index is 10.6. The maximum absolute atomic E-state index is 10.6. The van der Waals surface area contributed by atoms with E-state index >= 15 is 0 Å². The molecule has 18 heavy (non-hydrogen) atoms. The Bertz CT molecular complexity index is 294. The number of carboxylic acid groups (broad SMARTS) is 1. The van der Waals surface area contributed by atoms with Gasteiger partial charge in [-0.25, -0.2) is 0 Å². The second kappa shape index (κ2) is 5.20. The molecule has 0 atom stereocenters. The molecule has 2 fully saturated rings. The Morgan fingerprint density at radius 1 is 1.17 bits per heavy atom. The van der Waals surface area contributed by atoms with Crippen molar-refractivity contribution in [2.75, 3.05) is 13.1 Å². The molecule has 0 aromatic rings. The first-order chi connectivity index (χ1) is 8.36. The molecule has 1 heterocycles. The van der Waals surface area contributed by atoms with Gasteiger partial charge in [0.1, 0.15) is 0 Å². The lowest BCUT2D eigenvalue weighted by molar-refractivity contribution is -0.140. The molecule has 0 radical (unpaired) electrons. The minimum absolute atomic E-state index is 0.355. The number of hydrogen-bond acceptors (Lipinski definition) is 2. The van der Waals surface area contributed by atoms with Crippen molar-refractivity contribution in [3.8, 4) is 0 Å². The molecule has 2 rings (SSSR count). The van der Waals surface area contributed by atoms with E-state index in [1.54, 1.807) is 0 Å². The molecule has 0 unspecified atom stereocenters. The number of nitrogens with zero attached hydrogens (tertiary/aromatic N) is 1. The molecule has 3 nitrogen and oxygen atoms in total. The van der Waals surface area contributed by atoms with E-state index in [0.29, 0.717) is 17.8 Å². The molecule has 0 bridgehead atoms. The summed E-state index contributed by atoms with van der Waals surface area (Å²) in [6, 6.07) is 0.730. The summed E-state index contributed by atoms with van der Waals surface area (Å²) < 4.78 is 0. The smallest absolute Gasteiger partial charge is 0.303 e. The highest BCUT2D eigenvalue weighted by Gasteiger charge is 2.37. The summed E-state index contributed by atoms with van der Waals surface area (Å²) >= 11 is 0. The Kier molecular flexibility index (Phi) is 4.00. The predicted octanol–water partition coefficient (Wildman–Crippen LogP) is 3.00. The lowest BCUT2D eigenvalue weighted by atomic mass is 9.70. The molecule has 1 aliphatic carbocycles. The van der Waals surface area contributed by atoms with Crippen LogP contribution < -0.4 is 0 Å². The summed E-state index contributed by atoms with van der Waals surface area (Å²) in [4.78, 5) is 13.1. The SMILES string of the molecule is CC(C)(C)C1CCC(N2CC(CC(=O)O)C2)CC1. The molecular formula is C15H27NO2. The van der Waals surface area contributed by atoms with Crippen LogP contribution in [-0.2, 0) is 4.79 Å². The van der Waals surface area contributed by atoms with Gasteiger partial charge in [0.25, 0.3) is 0 Å². The number of likely N-dealkylation sites (tertiary alicyclic amines) is 1. The summed E-state index contributed by atoms with van der Waals surface area (Å²) in [6.45, 7) is 9.08. The fraction of sp³-hybridized carbons (Fsp3) is 0.933. The van der Waals surface area contributed by atoms with Gasteiger partial charge in [0, 0.05) is 19.1 Å². The van der Waals surface area contributed by atoms with Gasteiger partial charge in [-0.05, 0) is 42.9 Å². The first kappa shape index (κ1) is 13.9. The van der Waals surface area contributed by atoms with Crippen LogP contribution in [0.3, 0.4) is 0 Å². The molecule has 0 amide bonds. The lowest BCUT2D eigenvalue weighted by Gasteiger charge is -2.47. The van der Waals surface area contributed by atoms with Crippen molar-refractivity contribution in [1.29, 1.82) is 0 Å². The molecule has 1 N–H and O–H groups in total. The van der Waals surface area contributed by atoms with Gasteiger partial charge in [-0.1, -0.05) is 20.8 Å². The average molecular weight is 253 g/mol. The van der Waals surface area contributed by atoms with Gasteiger partial charge in [-0.2, -0.15) is 0 Å². The quantitative estimate of drug-likeness (QED) is 0.840. The average Bonchev–Trinajstić information content (AvgIpc) is 2.21. The zero-order valence-corrected chi connectivity index (χ0v) is 12.0. The Hall–Kier alpha value is -0.570. The van der Waals surface area contributed by atoms with E-state index in [9.17, 15) is 4.79 Å². The third kappa shape index (κ3) is 3.25. The van der Waals surface area contributed by atoms with Crippen LogP contribution >= 0.6 is 0 Å². The zero-order chi connectivity index (χ0) is 13.3. The van der Waals surface area contributed by atoms with E-state index in [2.05, 4.69) is 25.7 Å². The topological polar surface area (TPSA) is 40.5 Å². The molecule has 3 heteroatoms. The van der Waals surface area contributed by atoms with Gasteiger partial charge in [0.2, 0.25) is 0 Å². The fourth-order valence-electron chi connectivity index (χ4n) is 3.59. The van der Waals surface area contributed by atoms with Crippen molar-refractivity contribution in [1.82, 2.24) is 4.90 Å². The molecule has 1 aliphatic heterocycles. The Labute approximate surface area is 111 Å². The van der Waals surface area contributed by atoms with Gasteiger partial charge in [0.05, 0.1) is 6.42 Å². The molecule has 0 aromatic heterocycles. The van der Waals surface area contributed by atoms with Crippen LogP contribution in [0.5, 0.6) is 0 Å². The Morgan fingerprint density at radius 2 is 1.72 bits per heavy atom. The van der Waals surface area contributed by atoms with Crippen molar-refractivity contribution in [3.63, 3.8) is 0 Å². The highest BCUT2D eigenvalue weighted by Crippen LogP contribution is 2.40. The third-order valence-corrected chi connectivity index (χ3v) is 4.89. The van der Waals surface area contributed by atoms with Crippen molar-refractivity contribution in [2.45, 2.75) is 58.9 Å². The predicted molar refractivity (Wildman–Crippen MR) is 72.5 cm³/mol. The number of rotatable bonds is 3. The van der Waals surface area contributed by atoms with E-state index in [0.717, 1.165) is 25.0 Å².